The van der Waals surface area contributed by atoms with Gasteiger partial charge in [0.2, 0.25) is 5.91 Å². The maximum absolute atomic E-state index is 12.3. The normalized spacial score (nSPS) is 20.2. The average molecular weight is 283 g/mol. The summed E-state index contributed by atoms with van der Waals surface area (Å²) in [5, 5.41) is 0. The molecule has 0 aromatic rings. The van der Waals surface area contributed by atoms with Gasteiger partial charge in [-0.2, -0.15) is 0 Å². The third-order valence-corrected chi connectivity index (χ3v) is 3.90. The molecule has 1 aliphatic heterocycles. The highest BCUT2D eigenvalue weighted by molar-refractivity contribution is 5.79. The molecule has 1 saturated heterocycles. The van der Waals surface area contributed by atoms with Crippen molar-refractivity contribution in [3.05, 3.63) is 0 Å². The Labute approximate surface area is 120 Å². The van der Waals surface area contributed by atoms with E-state index in [2.05, 4.69) is 11.9 Å². The lowest BCUT2D eigenvalue weighted by Gasteiger charge is -2.33. The van der Waals surface area contributed by atoms with E-state index in [9.17, 15) is 9.59 Å². The van der Waals surface area contributed by atoms with Crippen LogP contribution in [-0.4, -0.2) is 85.5 Å². The second kappa shape index (κ2) is 7.04. The minimum Gasteiger partial charge on any atom is -0.465 e. The van der Waals surface area contributed by atoms with E-state index in [4.69, 9.17) is 4.74 Å². The zero-order valence-corrected chi connectivity index (χ0v) is 12.5. The number of rotatable bonds is 6. The van der Waals surface area contributed by atoms with Crippen LogP contribution in [0.15, 0.2) is 0 Å². The standard InChI is InChI=1S/C14H25N3O3/c1-3-20-14(19)11-17(12-4-5-12)10-13(18)16-8-6-15(2)7-9-16/h12H,3-11H2,1-2H3. The van der Waals surface area contributed by atoms with Gasteiger partial charge in [-0.25, -0.2) is 0 Å². The van der Waals surface area contributed by atoms with Crippen LogP contribution in [0, 0.1) is 0 Å². The van der Waals surface area contributed by atoms with Crippen LogP contribution in [-0.2, 0) is 14.3 Å². The summed E-state index contributed by atoms with van der Waals surface area (Å²) in [5.74, 6) is -0.0973. The van der Waals surface area contributed by atoms with E-state index in [0.717, 1.165) is 39.0 Å². The van der Waals surface area contributed by atoms with Crippen molar-refractivity contribution in [2.24, 2.45) is 0 Å². The van der Waals surface area contributed by atoms with Crippen LogP contribution < -0.4 is 0 Å². The van der Waals surface area contributed by atoms with Crippen LogP contribution in [0.1, 0.15) is 19.8 Å². The third-order valence-electron chi connectivity index (χ3n) is 3.90. The summed E-state index contributed by atoms with van der Waals surface area (Å²) in [5.41, 5.74) is 0. The summed E-state index contributed by atoms with van der Waals surface area (Å²) in [4.78, 5) is 30.0. The van der Waals surface area contributed by atoms with E-state index in [-0.39, 0.29) is 18.4 Å². The Hall–Kier alpha value is -1.14. The zero-order chi connectivity index (χ0) is 14.5. The van der Waals surface area contributed by atoms with Gasteiger partial charge in [0, 0.05) is 32.2 Å². The Balaban J connectivity index is 1.81. The van der Waals surface area contributed by atoms with Crippen LogP contribution in [0.2, 0.25) is 0 Å². The molecule has 1 amide bonds. The molecular formula is C14H25N3O3. The SMILES string of the molecule is CCOC(=O)CN(CC(=O)N1CCN(C)CC1)C1CC1. The molecule has 0 N–H and O–H groups in total. The molecule has 2 aliphatic rings. The maximum atomic E-state index is 12.3. The lowest BCUT2D eigenvalue weighted by molar-refractivity contribution is -0.145. The molecule has 1 aliphatic carbocycles. The van der Waals surface area contributed by atoms with E-state index in [1.54, 1.807) is 6.92 Å². The Morgan fingerprint density at radius 2 is 1.80 bits per heavy atom. The van der Waals surface area contributed by atoms with Crippen molar-refractivity contribution in [1.82, 2.24) is 14.7 Å². The first kappa shape index (κ1) is 15.3. The minimum atomic E-state index is -0.231. The lowest BCUT2D eigenvalue weighted by atomic mass is 10.3. The number of nitrogens with zero attached hydrogens (tertiary/aromatic N) is 3. The molecule has 2 fully saturated rings. The van der Waals surface area contributed by atoms with Crippen molar-refractivity contribution in [3.8, 4) is 0 Å². The number of carbonyl (C=O) groups excluding carboxylic acids is 2. The summed E-state index contributed by atoms with van der Waals surface area (Å²) < 4.78 is 4.98. The number of hydrogen-bond acceptors (Lipinski definition) is 5. The number of carbonyl (C=O) groups is 2. The Kier molecular flexibility index (Phi) is 5.37. The first-order valence-corrected chi connectivity index (χ1v) is 7.46. The molecule has 114 valence electrons. The smallest absolute Gasteiger partial charge is 0.320 e. The van der Waals surface area contributed by atoms with Gasteiger partial charge in [0.25, 0.3) is 0 Å². The number of ether oxygens (including phenoxy) is 1. The van der Waals surface area contributed by atoms with Gasteiger partial charge in [-0.1, -0.05) is 0 Å². The lowest BCUT2D eigenvalue weighted by Crippen LogP contribution is -2.50. The van der Waals surface area contributed by atoms with Crippen molar-refractivity contribution >= 4 is 11.9 Å². The van der Waals surface area contributed by atoms with Crippen molar-refractivity contribution < 1.29 is 14.3 Å². The van der Waals surface area contributed by atoms with Crippen LogP contribution in [0.25, 0.3) is 0 Å². The second-order valence-electron chi connectivity index (χ2n) is 5.63. The van der Waals surface area contributed by atoms with Crippen LogP contribution >= 0.6 is 0 Å². The first-order chi connectivity index (χ1) is 9.60. The van der Waals surface area contributed by atoms with Crippen LogP contribution in [0.3, 0.4) is 0 Å². The van der Waals surface area contributed by atoms with Crippen molar-refractivity contribution in [3.63, 3.8) is 0 Å². The predicted octanol–water partition coefficient (Wildman–Crippen LogP) is -0.212. The summed E-state index contributed by atoms with van der Waals surface area (Å²) in [6, 6.07) is 0.385. The van der Waals surface area contributed by atoms with E-state index in [0.29, 0.717) is 19.2 Å². The first-order valence-electron chi connectivity index (χ1n) is 7.46. The summed E-state index contributed by atoms with van der Waals surface area (Å²) in [6.07, 6.45) is 2.16. The summed E-state index contributed by atoms with van der Waals surface area (Å²) >= 11 is 0. The molecule has 0 spiro atoms. The highest BCUT2D eigenvalue weighted by atomic mass is 16.5. The van der Waals surface area contributed by atoms with Crippen molar-refractivity contribution in [2.75, 3.05) is 52.9 Å². The molecule has 20 heavy (non-hydrogen) atoms. The zero-order valence-electron chi connectivity index (χ0n) is 12.5. The van der Waals surface area contributed by atoms with Gasteiger partial charge in [-0.15, -0.1) is 0 Å². The van der Waals surface area contributed by atoms with Crippen molar-refractivity contribution in [1.29, 1.82) is 0 Å². The molecule has 6 nitrogen and oxygen atoms in total. The molecule has 0 bridgehead atoms. The quantitative estimate of drug-likeness (QED) is 0.631. The molecule has 1 heterocycles. The van der Waals surface area contributed by atoms with Gasteiger partial charge >= 0.3 is 5.97 Å². The second-order valence-corrected chi connectivity index (χ2v) is 5.63. The molecule has 0 aromatic heterocycles. The largest absolute Gasteiger partial charge is 0.465 e. The minimum absolute atomic E-state index is 0.134. The fourth-order valence-corrected chi connectivity index (χ4v) is 2.46. The van der Waals surface area contributed by atoms with Crippen LogP contribution in [0.4, 0.5) is 0 Å². The predicted molar refractivity (Wildman–Crippen MR) is 75.3 cm³/mol. The van der Waals surface area contributed by atoms with Crippen LogP contribution in [0.5, 0.6) is 0 Å². The van der Waals surface area contributed by atoms with Gasteiger partial charge in [0.1, 0.15) is 0 Å². The fourth-order valence-electron chi connectivity index (χ4n) is 2.46. The Bertz CT molecular complexity index is 350. The number of hydrogen-bond donors (Lipinski definition) is 0. The van der Waals surface area contributed by atoms with E-state index < -0.39 is 0 Å². The van der Waals surface area contributed by atoms with E-state index >= 15 is 0 Å². The van der Waals surface area contributed by atoms with Crippen molar-refractivity contribution in [2.45, 2.75) is 25.8 Å². The monoisotopic (exact) mass is 283 g/mol. The molecule has 0 radical (unpaired) electrons. The van der Waals surface area contributed by atoms with Gasteiger partial charge < -0.3 is 14.5 Å². The number of esters is 1. The van der Waals surface area contributed by atoms with Gasteiger partial charge in [0.05, 0.1) is 19.7 Å². The molecule has 0 atom stereocenters. The molecule has 2 rings (SSSR count). The topological polar surface area (TPSA) is 53.1 Å². The third kappa shape index (κ3) is 4.45. The van der Waals surface area contributed by atoms with Gasteiger partial charge in [-0.3, -0.25) is 14.5 Å². The molecular weight excluding hydrogens is 258 g/mol. The number of piperazine rings is 1. The van der Waals surface area contributed by atoms with E-state index in [1.807, 2.05) is 9.80 Å². The Morgan fingerprint density at radius 1 is 1.15 bits per heavy atom. The number of amides is 1. The van der Waals surface area contributed by atoms with Gasteiger partial charge in [0.15, 0.2) is 0 Å². The fraction of sp³-hybridized carbons (Fsp3) is 0.857. The van der Waals surface area contributed by atoms with E-state index in [1.165, 1.54) is 0 Å². The highest BCUT2D eigenvalue weighted by Gasteiger charge is 2.33. The molecule has 0 aromatic carbocycles. The highest BCUT2D eigenvalue weighted by Crippen LogP contribution is 2.26. The molecule has 0 unspecified atom stereocenters. The summed E-state index contributed by atoms with van der Waals surface area (Å²) in [7, 11) is 2.07. The number of likely N-dealkylation sites (N-methyl/N-ethyl adjacent to an activating group) is 1. The maximum Gasteiger partial charge on any atom is 0.320 e. The Morgan fingerprint density at radius 3 is 2.35 bits per heavy atom. The average Bonchev–Trinajstić information content (AvgIpc) is 3.23. The molecule has 6 heteroatoms. The molecule has 1 saturated carbocycles. The van der Waals surface area contributed by atoms with Gasteiger partial charge in [-0.05, 0) is 26.8 Å². The summed E-state index contributed by atoms with van der Waals surface area (Å²) in [6.45, 7) is 6.18.